The Morgan fingerprint density at radius 2 is 1.15 bits per heavy atom. The molecule has 7 nitrogen and oxygen atoms in total. The molecule has 0 spiro atoms. The number of hydrogen-bond donors (Lipinski definition) is 2. The highest BCUT2D eigenvalue weighted by atomic mass is 16.6. The fourth-order valence-electron chi connectivity index (χ4n) is 2.76. The lowest BCUT2D eigenvalue weighted by atomic mass is 10.2. The topological polar surface area (TPSA) is 102 Å². The number of nitrogens with zero attached hydrogens (tertiary/aromatic N) is 1. The molecule has 0 heterocycles. The van der Waals surface area contributed by atoms with Crippen LogP contribution in [0.15, 0.2) is 103 Å². The van der Waals surface area contributed by atoms with E-state index >= 15 is 0 Å². The van der Waals surface area contributed by atoms with Gasteiger partial charge < -0.3 is 19.7 Å². The first-order chi connectivity index (χ1) is 16.0. The normalized spacial score (nSPS) is 9.94. The molecule has 168 valence electrons. The van der Waals surface area contributed by atoms with Gasteiger partial charge in [-0.05, 0) is 47.5 Å². The SMILES string of the molecule is O=[N+]([O-])c1cc(OCc2ccccc2)ccc1O.Oc1ccc(OCc2ccccc2)cc1. The smallest absolute Gasteiger partial charge is 0.314 e. The second kappa shape index (κ2) is 11.8. The zero-order valence-electron chi connectivity index (χ0n) is 17.7. The van der Waals surface area contributed by atoms with Crippen molar-refractivity contribution in [2.45, 2.75) is 13.2 Å². The van der Waals surface area contributed by atoms with Crippen molar-refractivity contribution in [1.82, 2.24) is 0 Å². The molecule has 0 saturated carbocycles. The first-order valence-corrected chi connectivity index (χ1v) is 10.1. The average Bonchev–Trinajstić information content (AvgIpc) is 2.85. The Labute approximate surface area is 191 Å². The molecule has 0 aliphatic carbocycles. The quantitative estimate of drug-likeness (QED) is 0.273. The maximum atomic E-state index is 10.6. The number of phenols is 2. The number of aromatic hydroxyl groups is 2. The minimum Gasteiger partial charge on any atom is -0.508 e. The van der Waals surface area contributed by atoms with Gasteiger partial charge in [0.25, 0.3) is 0 Å². The maximum absolute atomic E-state index is 10.6. The van der Waals surface area contributed by atoms with Gasteiger partial charge in [0.15, 0.2) is 5.75 Å². The van der Waals surface area contributed by atoms with Crippen LogP contribution in [0.2, 0.25) is 0 Å². The summed E-state index contributed by atoms with van der Waals surface area (Å²) < 4.78 is 11.0. The predicted octanol–water partition coefficient (Wildman–Crippen LogP) is 5.85. The van der Waals surface area contributed by atoms with Crippen LogP contribution in [0.1, 0.15) is 11.1 Å². The largest absolute Gasteiger partial charge is 0.508 e. The molecule has 0 radical (unpaired) electrons. The Kier molecular flexibility index (Phi) is 8.25. The summed E-state index contributed by atoms with van der Waals surface area (Å²) in [6.45, 7) is 0.869. The van der Waals surface area contributed by atoms with Crippen LogP contribution in [0.25, 0.3) is 0 Å². The molecule has 0 aliphatic heterocycles. The zero-order valence-corrected chi connectivity index (χ0v) is 17.7. The van der Waals surface area contributed by atoms with Crippen LogP contribution in [0.4, 0.5) is 5.69 Å². The number of hydrogen-bond acceptors (Lipinski definition) is 6. The third-order valence-corrected chi connectivity index (χ3v) is 4.48. The van der Waals surface area contributed by atoms with Crippen molar-refractivity contribution in [2.75, 3.05) is 0 Å². The summed E-state index contributed by atoms with van der Waals surface area (Å²) in [5.74, 6) is 0.995. The summed E-state index contributed by atoms with van der Waals surface area (Å²) in [4.78, 5) is 9.99. The predicted molar refractivity (Wildman–Crippen MR) is 124 cm³/mol. The molecule has 7 heteroatoms. The summed E-state index contributed by atoms with van der Waals surface area (Å²) in [5, 5.41) is 29.0. The van der Waals surface area contributed by atoms with E-state index in [0.29, 0.717) is 19.0 Å². The van der Waals surface area contributed by atoms with Crippen LogP contribution in [0, 0.1) is 10.1 Å². The molecule has 0 fully saturated rings. The lowest BCUT2D eigenvalue weighted by Crippen LogP contribution is -1.96. The van der Waals surface area contributed by atoms with Crippen molar-refractivity contribution in [3.8, 4) is 23.0 Å². The molecule has 0 atom stereocenters. The molecule has 0 saturated heterocycles. The van der Waals surface area contributed by atoms with Crippen molar-refractivity contribution < 1.29 is 24.6 Å². The van der Waals surface area contributed by atoms with Gasteiger partial charge in [-0.15, -0.1) is 0 Å². The number of ether oxygens (including phenoxy) is 2. The average molecular weight is 445 g/mol. The number of nitro groups is 1. The van der Waals surface area contributed by atoms with E-state index in [0.717, 1.165) is 16.9 Å². The third kappa shape index (κ3) is 7.59. The van der Waals surface area contributed by atoms with Gasteiger partial charge in [0, 0.05) is 0 Å². The number of nitro benzene ring substituents is 1. The molecule has 0 amide bonds. The van der Waals surface area contributed by atoms with Gasteiger partial charge in [0.2, 0.25) is 0 Å². The molecular weight excluding hydrogens is 422 g/mol. The van der Waals surface area contributed by atoms with Crippen LogP contribution in [0.5, 0.6) is 23.0 Å². The molecule has 2 N–H and O–H groups in total. The Morgan fingerprint density at radius 3 is 1.67 bits per heavy atom. The van der Waals surface area contributed by atoms with E-state index in [9.17, 15) is 15.2 Å². The van der Waals surface area contributed by atoms with E-state index < -0.39 is 4.92 Å². The number of rotatable bonds is 7. The Hall–Kier alpha value is -4.52. The van der Waals surface area contributed by atoms with E-state index in [-0.39, 0.29) is 17.2 Å². The molecule has 0 aromatic heterocycles. The van der Waals surface area contributed by atoms with Crippen molar-refractivity contribution in [1.29, 1.82) is 0 Å². The van der Waals surface area contributed by atoms with Crippen LogP contribution in [-0.4, -0.2) is 15.1 Å². The summed E-state index contributed by atoms with van der Waals surface area (Å²) >= 11 is 0. The van der Waals surface area contributed by atoms with Crippen LogP contribution in [-0.2, 0) is 13.2 Å². The lowest BCUT2D eigenvalue weighted by Gasteiger charge is -2.06. The monoisotopic (exact) mass is 445 g/mol. The standard InChI is InChI=1S/C13H11NO4.C13H12O2/c15-13-7-6-11(8-12(13)14(16)17)18-9-10-4-2-1-3-5-10;14-12-6-8-13(9-7-12)15-10-11-4-2-1-3-5-11/h1-8,15H,9H2;1-9,14H,10H2. The van der Waals surface area contributed by atoms with Gasteiger partial charge in [-0.2, -0.15) is 0 Å². The highest BCUT2D eigenvalue weighted by Crippen LogP contribution is 2.30. The third-order valence-electron chi connectivity index (χ3n) is 4.48. The number of phenolic OH excluding ortho intramolecular Hbond substituents is 2. The summed E-state index contributed by atoms with van der Waals surface area (Å²) in [6, 6.07) is 30.1. The first kappa shape index (κ1) is 23.1. The minimum atomic E-state index is -0.648. The van der Waals surface area contributed by atoms with Crippen LogP contribution < -0.4 is 9.47 Å². The summed E-state index contributed by atoms with van der Waals surface area (Å²) in [7, 11) is 0. The second-order valence-electron chi connectivity index (χ2n) is 6.95. The Bertz CT molecular complexity index is 1150. The van der Waals surface area contributed by atoms with Gasteiger partial charge in [-0.3, -0.25) is 10.1 Å². The minimum absolute atomic E-state index is 0.252. The van der Waals surface area contributed by atoms with Crippen LogP contribution in [0.3, 0.4) is 0 Å². The van der Waals surface area contributed by atoms with Gasteiger partial charge in [0.05, 0.1) is 11.0 Å². The summed E-state index contributed by atoms with van der Waals surface area (Å²) in [6.07, 6.45) is 0. The lowest BCUT2D eigenvalue weighted by molar-refractivity contribution is -0.385. The van der Waals surface area contributed by atoms with E-state index in [1.807, 2.05) is 60.7 Å². The van der Waals surface area contributed by atoms with Crippen molar-refractivity contribution >= 4 is 5.69 Å². The van der Waals surface area contributed by atoms with Gasteiger partial charge in [-0.25, -0.2) is 0 Å². The van der Waals surface area contributed by atoms with Gasteiger partial charge >= 0.3 is 5.69 Å². The molecule has 33 heavy (non-hydrogen) atoms. The zero-order chi connectivity index (χ0) is 23.5. The highest BCUT2D eigenvalue weighted by Gasteiger charge is 2.14. The fraction of sp³-hybridized carbons (Fsp3) is 0.0769. The number of benzene rings is 4. The summed E-state index contributed by atoms with van der Waals surface area (Å²) in [5.41, 5.74) is 1.74. The van der Waals surface area contributed by atoms with E-state index in [2.05, 4.69) is 0 Å². The molecule has 4 rings (SSSR count). The fourth-order valence-corrected chi connectivity index (χ4v) is 2.76. The van der Waals surface area contributed by atoms with Crippen LogP contribution >= 0.6 is 0 Å². The second-order valence-corrected chi connectivity index (χ2v) is 6.95. The Balaban J connectivity index is 0.000000189. The van der Waals surface area contributed by atoms with Crippen molar-refractivity contribution in [3.63, 3.8) is 0 Å². The molecule has 0 aliphatic rings. The molecular formula is C26H23NO6. The van der Waals surface area contributed by atoms with Gasteiger partial charge in [0.1, 0.15) is 30.5 Å². The molecule has 4 aromatic rings. The van der Waals surface area contributed by atoms with Crippen molar-refractivity contribution in [3.05, 3.63) is 124 Å². The van der Waals surface area contributed by atoms with E-state index in [1.165, 1.54) is 18.2 Å². The Morgan fingerprint density at radius 1 is 0.667 bits per heavy atom. The van der Waals surface area contributed by atoms with Gasteiger partial charge in [-0.1, -0.05) is 60.7 Å². The molecule has 4 aromatic carbocycles. The highest BCUT2D eigenvalue weighted by molar-refractivity contribution is 5.49. The maximum Gasteiger partial charge on any atom is 0.314 e. The van der Waals surface area contributed by atoms with E-state index in [4.69, 9.17) is 14.6 Å². The molecule has 0 unspecified atom stereocenters. The van der Waals surface area contributed by atoms with E-state index in [1.54, 1.807) is 24.3 Å². The first-order valence-electron chi connectivity index (χ1n) is 10.1. The van der Waals surface area contributed by atoms with Crippen molar-refractivity contribution in [2.24, 2.45) is 0 Å². The molecule has 0 bridgehead atoms.